The highest BCUT2D eigenvalue weighted by Gasteiger charge is 2.37. The maximum atomic E-state index is 13.7. The molecule has 0 radical (unpaired) electrons. The van der Waals surface area contributed by atoms with Crippen molar-refractivity contribution in [1.29, 1.82) is 0 Å². The molecule has 3 rings (SSSR count). The number of alkyl halides is 3. The molecule has 1 aromatic heterocycles. The van der Waals surface area contributed by atoms with Gasteiger partial charge in [0.15, 0.2) is 0 Å². The number of methoxy groups -OCH3 is 1. The number of halogens is 3. The van der Waals surface area contributed by atoms with E-state index in [9.17, 15) is 18.3 Å². The second-order valence-electron chi connectivity index (χ2n) is 6.11. The standard InChI is InChI=1S/C20H19F3O3S/c1-12-9-14(26-8-7-25-2)4-5-15(12)18-16-10-13(11-24)3-6-17(16)27-19(18)20(21,22)23/h3-6,9-10,24H,7-8,11H2,1-2H3. The Morgan fingerprint density at radius 2 is 1.85 bits per heavy atom. The molecule has 0 aliphatic heterocycles. The Kier molecular flexibility index (Phi) is 5.74. The summed E-state index contributed by atoms with van der Waals surface area (Å²) in [5, 5.41) is 9.87. The van der Waals surface area contributed by atoms with Crippen LogP contribution >= 0.6 is 11.3 Å². The van der Waals surface area contributed by atoms with Gasteiger partial charge in [-0.3, -0.25) is 0 Å². The second kappa shape index (κ2) is 7.88. The van der Waals surface area contributed by atoms with Gasteiger partial charge in [-0.1, -0.05) is 12.1 Å². The van der Waals surface area contributed by atoms with Gasteiger partial charge >= 0.3 is 6.18 Å². The van der Waals surface area contributed by atoms with Crippen LogP contribution in [0.25, 0.3) is 21.2 Å². The monoisotopic (exact) mass is 396 g/mol. The van der Waals surface area contributed by atoms with E-state index in [-0.39, 0.29) is 12.2 Å². The molecule has 0 saturated carbocycles. The summed E-state index contributed by atoms with van der Waals surface area (Å²) in [6.45, 7) is 2.33. The number of aryl methyl sites for hydroxylation is 1. The number of aliphatic hydroxyl groups excluding tert-OH is 1. The van der Waals surface area contributed by atoms with Crippen molar-refractivity contribution in [3.8, 4) is 16.9 Å². The minimum atomic E-state index is -4.46. The van der Waals surface area contributed by atoms with Crippen LogP contribution in [0.5, 0.6) is 5.75 Å². The summed E-state index contributed by atoms with van der Waals surface area (Å²) in [6.07, 6.45) is -4.46. The summed E-state index contributed by atoms with van der Waals surface area (Å²) < 4.78 is 52.1. The van der Waals surface area contributed by atoms with Gasteiger partial charge in [0.1, 0.15) is 17.2 Å². The molecule has 1 N–H and O–H groups in total. The molecule has 0 aliphatic rings. The average Bonchev–Trinajstić information content (AvgIpc) is 3.01. The van der Waals surface area contributed by atoms with E-state index >= 15 is 0 Å². The first-order chi connectivity index (χ1) is 12.8. The highest BCUT2D eigenvalue weighted by atomic mass is 32.1. The van der Waals surface area contributed by atoms with Gasteiger partial charge in [-0.2, -0.15) is 13.2 Å². The largest absolute Gasteiger partial charge is 0.491 e. The lowest BCUT2D eigenvalue weighted by Crippen LogP contribution is -2.05. The molecule has 7 heteroatoms. The fourth-order valence-corrected chi connectivity index (χ4v) is 4.02. The van der Waals surface area contributed by atoms with E-state index in [4.69, 9.17) is 9.47 Å². The second-order valence-corrected chi connectivity index (χ2v) is 7.16. The molecule has 1 heterocycles. The Morgan fingerprint density at radius 1 is 1.07 bits per heavy atom. The number of benzene rings is 2. The molecule has 3 aromatic rings. The number of hydrogen-bond acceptors (Lipinski definition) is 4. The minimum Gasteiger partial charge on any atom is -0.491 e. The van der Waals surface area contributed by atoms with Gasteiger partial charge in [-0.05, 0) is 47.9 Å². The Bertz CT molecular complexity index is 948. The number of fused-ring (bicyclic) bond motifs is 1. The number of rotatable bonds is 6. The van der Waals surface area contributed by atoms with Crippen molar-refractivity contribution >= 4 is 21.4 Å². The third-order valence-electron chi connectivity index (χ3n) is 4.22. The van der Waals surface area contributed by atoms with Crippen LogP contribution in [-0.4, -0.2) is 25.4 Å². The van der Waals surface area contributed by atoms with E-state index in [1.807, 2.05) is 0 Å². The van der Waals surface area contributed by atoms with Crippen molar-refractivity contribution in [2.45, 2.75) is 19.7 Å². The average molecular weight is 396 g/mol. The summed E-state index contributed by atoms with van der Waals surface area (Å²) in [4.78, 5) is -0.635. The van der Waals surface area contributed by atoms with Gasteiger partial charge in [0.25, 0.3) is 0 Å². The first kappa shape index (κ1) is 19.7. The molecule has 0 fully saturated rings. The van der Waals surface area contributed by atoms with Crippen LogP contribution in [-0.2, 0) is 17.5 Å². The predicted octanol–water partition coefficient (Wildman–Crippen LogP) is 5.41. The molecule has 0 atom stereocenters. The normalized spacial score (nSPS) is 11.9. The zero-order chi connectivity index (χ0) is 19.6. The van der Waals surface area contributed by atoms with Crippen molar-refractivity contribution in [1.82, 2.24) is 0 Å². The lowest BCUT2D eigenvalue weighted by atomic mass is 9.96. The third-order valence-corrected chi connectivity index (χ3v) is 5.43. The van der Waals surface area contributed by atoms with E-state index in [0.717, 1.165) is 11.3 Å². The van der Waals surface area contributed by atoms with E-state index in [0.29, 0.717) is 45.7 Å². The van der Waals surface area contributed by atoms with Crippen molar-refractivity contribution in [3.05, 3.63) is 52.4 Å². The Balaban J connectivity index is 2.14. The van der Waals surface area contributed by atoms with Gasteiger partial charge in [0.2, 0.25) is 0 Å². The fourth-order valence-electron chi connectivity index (χ4n) is 2.96. The van der Waals surface area contributed by atoms with Crippen LogP contribution in [0.1, 0.15) is 16.0 Å². The molecule has 27 heavy (non-hydrogen) atoms. The summed E-state index contributed by atoms with van der Waals surface area (Å²) >= 11 is 0.720. The van der Waals surface area contributed by atoms with Gasteiger partial charge in [0, 0.05) is 22.8 Å². The quantitative estimate of drug-likeness (QED) is 0.566. The Labute approximate surface area is 159 Å². The molecular formula is C20H19F3O3S. The minimum absolute atomic E-state index is 0.152. The molecule has 0 aliphatic carbocycles. The van der Waals surface area contributed by atoms with Crippen molar-refractivity contribution in [2.24, 2.45) is 0 Å². The van der Waals surface area contributed by atoms with E-state index < -0.39 is 11.1 Å². The van der Waals surface area contributed by atoms with Crippen LogP contribution in [0, 0.1) is 6.92 Å². The molecule has 0 amide bonds. The molecular weight excluding hydrogens is 377 g/mol. The predicted molar refractivity (Wildman–Crippen MR) is 100 cm³/mol. The number of hydrogen-bond donors (Lipinski definition) is 1. The molecule has 0 unspecified atom stereocenters. The van der Waals surface area contributed by atoms with Crippen molar-refractivity contribution in [3.63, 3.8) is 0 Å². The number of aliphatic hydroxyl groups is 1. The first-order valence-corrected chi connectivity index (χ1v) is 9.13. The smallest absolute Gasteiger partial charge is 0.426 e. The Morgan fingerprint density at radius 3 is 2.48 bits per heavy atom. The number of ether oxygens (including phenoxy) is 2. The van der Waals surface area contributed by atoms with E-state index in [1.54, 1.807) is 50.4 Å². The van der Waals surface area contributed by atoms with Gasteiger partial charge in [-0.25, -0.2) is 0 Å². The summed E-state index contributed by atoms with van der Waals surface area (Å²) in [7, 11) is 1.57. The maximum Gasteiger partial charge on any atom is 0.426 e. The van der Waals surface area contributed by atoms with Crippen LogP contribution in [0.2, 0.25) is 0 Å². The highest BCUT2D eigenvalue weighted by Crippen LogP contribution is 2.48. The van der Waals surface area contributed by atoms with Gasteiger partial charge < -0.3 is 14.6 Å². The molecule has 3 nitrogen and oxygen atoms in total. The van der Waals surface area contributed by atoms with Gasteiger partial charge in [-0.15, -0.1) is 11.3 Å². The van der Waals surface area contributed by atoms with Crippen LogP contribution in [0.3, 0.4) is 0 Å². The number of thiophene rings is 1. The highest BCUT2D eigenvalue weighted by molar-refractivity contribution is 7.19. The molecule has 0 spiro atoms. The fraction of sp³-hybridized carbons (Fsp3) is 0.300. The van der Waals surface area contributed by atoms with Crippen LogP contribution < -0.4 is 4.74 Å². The third kappa shape index (κ3) is 4.10. The van der Waals surface area contributed by atoms with Gasteiger partial charge in [0.05, 0.1) is 13.2 Å². The Hall–Kier alpha value is -2.09. The lowest BCUT2D eigenvalue weighted by Gasteiger charge is -2.13. The molecule has 0 bridgehead atoms. The van der Waals surface area contributed by atoms with Crippen molar-refractivity contribution < 1.29 is 27.8 Å². The molecule has 144 valence electrons. The molecule has 0 saturated heterocycles. The zero-order valence-corrected chi connectivity index (χ0v) is 15.7. The van der Waals surface area contributed by atoms with Crippen LogP contribution in [0.4, 0.5) is 13.2 Å². The summed E-state index contributed by atoms with van der Waals surface area (Å²) in [6, 6.07) is 9.94. The molecule has 2 aromatic carbocycles. The zero-order valence-electron chi connectivity index (χ0n) is 14.9. The SMILES string of the molecule is COCCOc1ccc(-c2c(C(F)(F)F)sc3ccc(CO)cc23)c(C)c1. The topological polar surface area (TPSA) is 38.7 Å². The maximum absolute atomic E-state index is 13.7. The lowest BCUT2D eigenvalue weighted by molar-refractivity contribution is -0.133. The van der Waals surface area contributed by atoms with E-state index in [2.05, 4.69) is 0 Å². The summed E-state index contributed by atoms with van der Waals surface area (Å²) in [5.74, 6) is 0.581. The van der Waals surface area contributed by atoms with Crippen LogP contribution in [0.15, 0.2) is 36.4 Å². The first-order valence-electron chi connectivity index (χ1n) is 8.31. The van der Waals surface area contributed by atoms with E-state index in [1.165, 1.54) is 0 Å². The summed E-state index contributed by atoms with van der Waals surface area (Å²) in [5.41, 5.74) is 1.92. The van der Waals surface area contributed by atoms with Crippen molar-refractivity contribution in [2.75, 3.05) is 20.3 Å².